The fourth-order valence-corrected chi connectivity index (χ4v) is 2.05. The minimum atomic E-state index is -0.494. The van der Waals surface area contributed by atoms with Crippen LogP contribution in [0.25, 0.3) is 0 Å². The van der Waals surface area contributed by atoms with E-state index in [9.17, 15) is 4.79 Å². The zero-order valence-corrected chi connectivity index (χ0v) is 15.5. The molecule has 0 heterocycles. The van der Waals surface area contributed by atoms with Crippen molar-refractivity contribution in [2.24, 2.45) is 5.73 Å². The molecule has 1 amide bonds. The molecule has 1 atom stereocenters. The Morgan fingerprint density at radius 2 is 1.91 bits per heavy atom. The first kappa shape index (κ1) is 24.4. The summed E-state index contributed by atoms with van der Waals surface area (Å²) in [5.41, 5.74) is 7.00. The highest BCUT2D eigenvalue weighted by atomic mass is 35.5. The van der Waals surface area contributed by atoms with E-state index < -0.39 is 6.04 Å². The number of nitrogens with zero attached hydrogens (tertiary/aromatic N) is 1. The third-order valence-electron chi connectivity index (χ3n) is 3.32. The van der Waals surface area contributed by atoms with Gasteiger partial charge in [0.1, 0.15) is 0 Å². The van der Waals surface area contributed by atoms with Gasteiger partial charge in [-0.05, 0) is 25.5 Å². The Morgan fingerprint density at radius 1 is 1.26 bits per heavy atom. The lowest BCUT2D eigenvalue weighted by Crippen LogP contribution is -2.44. The van der Waals surface area contributed by atoms with Crippen molar-refractivity contribution in [2.75, 3.05) is 40.4 Å². The SMILES string of the molecule is COCCCN(C)CCNC(=O)C(N)Cc1ccccc1.Cl.Cl. The summed E-state index contributed by atoms with van der Waals surface area (Å²) in [6.45, 7) is 3.15. The molecule has 0 aliphatic heterocycles. The Kier molecular flexibility index (Phi) is 15.6. The predicted octanol–water partition coefficient (Wildman–Crippen LogP) is 1.48. The van der Waals surface area contributed by atoms with Gasteiger partial charge >= 0.3 is 0 Å². The van der Waals surface area contributed by atoms with Crippen molar-refractivity contribution >= 4 is 30.7 Å². The van der Waals surface area contributed by atoms with E-state index >= 15 is 0 Å². The number of ether oxygens (including phenoxy) is 1. The molecule has 0 bridgehead atoms. The first-order chi connectivity index (χ1) is 10.1. The van der Waals surface area contributed by atoms with Crippen molar-refractivity contribution in [3.8, 4) is 0 Å². The van der Waals surface area contributed by atoms with E-state index in [0.717, 1.165) is 31.7 Å². The zero-order chi connectivity index (χ0) is 15.5. The summed E-state index contributed by atoms with van der Waals surface area (Å²) in [4.78, 5) is 14.1. The summed E-state index contributed by atoms with van der Waals surface area (Å²) in [6, 6.07) is 9.33. The van der Waals surface area contributed by atoms with Gasteiger partial charge in [0, 0.05) is 33.4 Å². The van der Waals surface area contributed by atoms with Crippen molar-refractivity contribution in [3.63, 3.8) is 0 Å². The third-order valence-corrected chi connectivity index (χ3v) is 3.32. The first-order valence-electron chi connectivity index (χ1n) is 7.38. The number of hydrogen-bond acceptors (Lipinski definition) is 4. The van der Waals surface area contributed by atoms with Crippen molar-refractivity contribution in [1.82, 2.24) is 10.2 Å². The molecule has 134 valence electrons. The standard InChI is InChI=1S/C16H27N3O2.2ClH/c1-19(10-6-12-21-2)11-9-18-16(20)15(17)13-14-7-4-3-5-8-14;;/h3-5,7-8,15H,6,9-13,17H2,1-2H3,(H,18,20);2*1H. The van der Waals surface area contributed by atoms with E-state index in [1.54, 1.807) is 7.11 Å². The monoisotopic (exact) mass is 365 g/mol. The molecule has 0 aromatic heterocycles. The number of methoxy groups -OCH3 is 1. The van der Waals surface area contributed by atoms with Crippen LogP contribution in [0.4, 0.5) is 0 Å². The quantitative estimate of drug-likeness (QED) is 0.616. The van der Waals surface area contributed by atoms with Gasteiger partial charge in [0.15, 0.2) is 0 Å². The van der Waals surface area contributed by atoms with E-state index in [1.807, 2.05) is 37.4 Å². The Balaban J connectivity index is 0. The Labute approximate surface area is 151 Å². The number of halogens is 2. The molecule has 0 saturated carbocycles. The van der Waals surface area contributed by atoms with Crippen LogP contribution in [-0.2, 0) is 16.0 Å². The molecule has 0 radical (unpaired) electrons. The molecule has 7 heteroatoms. The fourth-order valence-electron chi connectivity index (χ4n) is 2.05. The van der Waals surface area contributed by atoms with Gasteiger partial charge in [-0.15, -0.1) is 24.8 Å². The largest absolute Gasteiger partial charge is 0.385 e. The van der Waals surface area contributed by atoms with Crippen LogP contribution in [0.2, 0.25) is 0 Å². The van der Waals surface area contributed by atoms with Gasteiger partial charge in [-0.25, -0.2) is 0 Å². The molecule has 5 nitrogen and oxygen atoms in total. The molecule has 3 N–H and O–H groups in total. The number of amides is 1. The smallest absolute Gasteiger partial charge is 0.237 e. The molecule has 1 unspecified atom stereocenters. The molecule has 23 heavy (non-hydrogen) atoms. The number of rotatable bonds is 10. The number of hydrogen-bond donors (Lipinski definition) is 2. The van der Waals surface area contributed by atoms with Crippen LogP contribution in [0.5, 0.6) is 0 Å². The minimum absolute atomic E-state index is 0. The molecule has 0 fully saturated rings. The fraction of sp³-hybridized carbons (Fsp3) is 0.562. The summed E-state index contributed by atoms with van der Waals surface area (Å²) in [5, 5.41) is 2.89. The number of likely N-dealkylation sites (N-methyl/N-ethyl adjacent to an activating group) is 1. The Bertz CT molecular complexity index is 408. The van der Waals surface area contributed by atoms with E-state index in [4.69, 9.17) is 10.5 Å². The van der Waals surface area contributed by atoms with Crippen LogP contribution in [0.3, 0.4) is 0 Å². The normalized spacial score (nSPS) is 11.3. The van der Waals surface area contributed by atoms with E-state index in [1.165, 1.54) is 0 Å². The van der Waals surface area contributed by atoms with Crippen molar-refractivity contribution in [3.05, 3.63) is 35.9 Å². The molecule has 0 saturated heterocycles. The van der Waals surface area contributed by atoms with Gasteiger partial charge in [0.25, 0.3) is 0 Å². The van der Waals surface area contributed by atoms with Gasteiger partial charge in [0.05, 0.1) is 6.04 Å². The highest BCUT2D eigenvalue weighted by molar-refractivity contribution is 5.85. The van der Waals surface area contributed by atoms with Crippen molar-refractivity contribution in [1.29, 1.82) is 0 Å². The topological polar surface area (TPSA) is 67.6 Å². The molecule has 1 aromatic carbocycles. The van der Waals surface area contributed by atoms with Crippen LogP contribution < -0.4 is 11.1 Å². The number of nitrogens with two attached hydrogens (primary N) is 1. The van der Waals surface area contributed by atoms with Crippen LogP contribution in [0.1, 0.15) is 12.0 Å². The van der Waals surface area contributed by atoms with Gasteiger partial charge in [-0.1, -0.05) is 30.3 Å². The van der Waals surface area contributed by atoms with Crippen LogP contribution >= 0.6 is 24.8 Å². The molecule has 0 spiro atoms. The summed E-state index contributed by atoms with van der Waals surface area (Å²) in [7, 11) is 3.74. The Hall–Kier alpha value is -0.850. The predicted molar refractivity (Wildman–Crippen MR) is 99.6 cm³/mol. The zero-order valence-electron chi connectivity index (χ0n) is 13.9. The maximum absolute atomic E-state index is 11.9. The first-order valence-corrected chi connectivity index (χ1v) is 7.38. The second kappa shape index (κ2) is 14.7. The van der Waals surface area contributed by atoms with E-state index in [2.05, 4.69) is 10.2 Å². The summed E-state index contributed by atoms with van der Waals surface area (Å²) < 4.78 is 5.01. The lowest BCUT2D eigenvalue weighted by Gasteiger charge is -2.18. The highest BCUT2D eigenvalue weighted by Gasteiger charge is 2.13. The molecule has 1 rings (SSSR count). The number of nitrogens with one attached hydrogen (secondary N) is 1. The highest BCUT2D eigenvalue weighted by Crippen LogP contribution is 2.01. The molecular weight excluding hydrogens is 337 g/mol. The molecular formula is C16H29Cl2N3O2. The summed E-state index contributed by atoms with van der Waals surface area (Å²) in [6.07, 6.45) is 1.56. The lowest BCUT2D eigenvalue weighted by molar-refractivity contribution is -0.122. The average Bonchev–Trinajstić information content (AvgIpc) is 2.48. The van der Waals surface area contributed by atoms with Gasteiger partial charge in [-0.2, -0.15) is 0 Å². The number of carbonyl (C=O) groups excluding carboxylic acids is 1. The maximum Gasteiger partial charge on any atom is 0.237 e. The Morgan fingerprint density at radius 3 is 2.52 bits per heavy atom. The molecule has 0 aliphatic rings. The molecule has 1 aromatic rings. The number of carbonyl (C=O) groups is 1. The average molecular weight is 366 g/mol. The van der Waals surface area contributed by atoms with Gasteiger partial charge in [-0.3, -0.25) is 4.79 Å². The third kappa shape index (κ3) is 11.3. The molecule has 0 aliphatic carbocycles. The van der Waals surface area contributed by atoms with E-state index in [-0.39, 0.29) is 30.7 Å². The van der Waals surface area contributed by atoms with Gasteiger partial charge in [0.2, 0.25) is 5.91 Å². The van der Waals surface area contributed by atoms with E-state index in [0.29, 0.717) is 13.0 Å². The minimum Gasteiger partial charge on any atom is -0.385 e. The second-order valence-corrected chi connectivity index (χ2v) is 5.24. The van der Waals surface area contributed by atoms with Crippen molar-refractivity contribution < 1.29 is 9.53 Å². The van der Waals surface area contributed by atoms with Gasteiger partial charge < -0.3 is 20.7 Å². The van der Waals surface area contributed by atoms with Crippen LogP contribution in [0.15, 0.2) is 30.3 Å². The second-order valence-electron chi connectivity index (χ2n) is 5.24. The summed E-state index contributed by atoms with van der Waals surface area (Å²) >= 11 is 0. The van der Waals surface area contributed by atoms with Crippen LogP contribution in [-0.4, -0.2) is 57.2 Å². The van der Waals surface area contributed by atoms with Crippen molar-refractivity contribution in [2.45, 2.75) is 18.9 Å². The van der Waals surface area contributed by atoms with Crippen LogP contribution in [0, 0.1) is 0 Å². The summed E-state index contributed by atoms with van der Waals surface area (Å²) in [5.74, 6) is -0.0934. The maximum atomic E-state index is 11.9. The number of benzene rings is 1. The lowest BCUT2D eigenvalue weighted by atomic mass is 10.1.